The van der Waals surface area contributed by atoms with E-state index in [-0.39, 0.29) is 5.91 Å². The van der Waals surface area contributed by atoms with Gasteiger partial charge in [-0.3, -0.25) is 4.79 Å². The molecule has 0 saturated carbocycles. The fourth-order valence-electron chi connectivity index (χ4n) is 4.84. The number of hydrogen-bond acceptors (Lipinski definition) is 6. The lowest BCUT2D eigenvalue weighted by Gasteiger charge is -2.31. The van der Waals surface area contributed by atoms with Crippen LogP contribution in [0.3, 0.4) is 0 Å². The molecule has 0 aromatic carbocycles. The molecule has 0 atom stereocenters. The quantitative estimate of drug-likeness (QED) is 0.481. The van der Waals surface area contributed by atoms with Crippen molar-refractivity contribution in [3.05, 3.63) is 34.7 Å². The molecule has 4 aromatic heterocycles. The number of thiazole rings is 1. The summed E-state index contributed by atoms with van der Waals surface area (Å²) in [5.74, 6) is 0.966. The molecule has 9 heteroatoms. The van der Waals surface area contributed by atoms with Gasteiger partial charge in [0.05, 0.1) is 17.2 Å². The number of pyridine rings is 1. The molecule has 4 aromatic rings. The zero-order chi connectivity index (χ0) is 23.3. The average Bonchev–Trinajstić information content (AvgIpc) is 3.47. The summed E-state index contributed by atoms with van der Waals surface area (Å²) in [6.07, 6.45) is 5.58. The number of likely N-dealkylation sites (N-methyl/N-ethyl adjacent to an activating group) is 1. The predicted molar refractivity (Wildman–Crippen MR) is 132 cm³/mol. The number of H-pyrrole nitrogens is 1. The first-order valence-corrected chi connectivity index (χ1v) is 12.4. The molecular weight excluding hydrogens is 434 g/mol. The van der Waals surface area contributed by atoms with E-state index in [9.17, 15) is 4.79 Å². The van der Waals surface area contributed by atoms with Gasteiger partial charge in [0.1, 0.15) is 16.7 Å². The van der Waals surface area contributed by atoms with Crippen molar-refractivity contribution in [1.29, 1.82) is 0 Å². The summed E-state index contributed by atoms with van der Waals surface area (Å²) in [5, 5.41) is 5.53. The van der Waals surface area contributed by atoms with Gasteiger partial charge >= 0.3 is 0 Å². The monoisotopic (exact) mass is 465 g/mol. The van der Waals surface area contributed by atoms with Gasteiger partial charge in [-0.2, -0.15) is 5.10 Å². The molecule has 1 aliphatic rings. The minimum absolute atomic E-state index is 0.219. The number of carbonyl (C=O) groups is 1. The average molecular weight is 466 g/mol. The van der Waals surface area contributed by atoms with Crippen LogP contribution in [0.1, 0.15) is 54.7 Å². The van der Waals surface area contributed by atoms with Crippen LogP contribution in [0.15, 0.2) is 18.6 Å². The van der Waals surface area contributed by atoms with Crippen molar-refractivity contribution >= 4 is 33.2 Å². The smallest absolute Gasteiger partial charge is 0.236 e. The molecular formula is C24H31N7OS. The third-order valence-corrected chi connectivity index (χ3v) is 7.61. The highest BCUT2D eigenvalue weighted by molar-refractivity contribution is 7.18. The number of fused-ring (bicyclic) bond motifs is 2. The van der Waals surface area contributed by atoms with Gasteiger partial charge in [-0.05, 0) is 51.4 Å². The minimum Gasteiger partial charge on any atom is -0.345 e. The standard InChI is InChI=1S/C24H31N7OS/c1-14(2)19-20(17-10-15(3)22-25-13-26-31(22)11-17)27-24-21(19)28-23(33-24)16-6-8-30(9-7-16)18(32)12-29(4)5/h10-11,13-14,16,27H,6-9,12H2,1-5H3. The first-order valence-electron chi connectivity index (χ1n) is 11.6. The number of hydrogen-bond donors (Lipinski definition) is 1. The van der Waals surface area contributed by atoms with E-state index in [1.807, 2.05) is 34.6 Å². The Labute approximate surface area is 197 Å². The number of aromatic nitrogens is 5. The van der Waals surface area contributed by atoms with Crippen LogP contribution < -0.4 is 0 Å². The Kier molecular flexibility index (Phi) is 5.70. The van der Waals surface area contributed by atoms with Crippen LogP contribution in [0.25, 0.3) is 27.3 Å². The number of amides is 1. The Morgan fingerprint density at radius 3 is 2.76 bits per heavy atom. The van der Waals surface area contributed by atoms with Crippen LogP contribution >= 0.6 is 11.3 Å². The first kappa shape index (κ1) is 22.0. The lowest BCUT2D eigenvalue weighted by molar-refractivity contribution is -0.132. The second-order valence-electron chi connectivity index (χ2n) is 9.63. The van der Waals surface area contributed by atoms with E-state index in [0.717, 1.165) is 58.7 Å². The topological polar surface area (TPSA) is 82.4 Å². The van der Waals surface area contributed by atoms with E-state index in [0.29, 0.717) is 18.4 Å². The Hall–Kier alpha value is -2.78. The number of carbonyl (C=O) groups excluding carboxylic acids is 1. The van der Waals surface area contributed by atoms with Crippen LogP contribution in [-0.4, -0.2) is 74.0 Å². The number of nitrogens with zero attached hydrogens (tertiary/aromatic N) is 6. The number of likely N-dealkylation sites (tertiary alicyclic amines) is 1. The molecule has 1 amide bonds. The SMILES string of the molecule is Cc1cc(-c2[nH]c3sc(C4CCN(C(=O)CN(C)C)CC4)nc3c2C(C)C)cn2ncnc12. The lowest BCUT2D eigenvalue weighted by Crippen LogP contribution is -2.42. The summed E-state index contributed by atoms with van der Waals surface area (Å²) < 4.78 is 1.84. The molecule has 1 N–H and O–H groups in total. The van der Waals surface area contributed by atoms with E-state index < -0.39 is 0 Å². The van der Waals surface area contributed by atoms with E-state index in [1.54, 1.807) is 17.7 Å². The molecule has 0 bridgehead atoms. The summed E-state index contributed by atoms with van der Waals surface area (Å²) in [4.78, 5) is 30.6. The normalized spacial score (nSPS) is 15.5. The molecule has 8 nitrogen and oxygen atoms in total. The molecule has 1 aliphatic heterocycles. The van der Waals surface area contributed by atoms with Crippen molar-refractivity contribution in [3.8, 4) is 11.3 Å². The highest BCUT2D eigenvalue weighted by Gasteiger charge is 2.28. The number of rotatable bonds is 5. The molecule has 0 radical (unpaired) electrons. The Bertz CT molecular complexity index is 1310. The molecule has 1 fully saturated rings. The molecule has 5 rings (SSSR count). The van der Waals surface area contributed by atoms with Gasteiger partial charge in [-0.15, -0.1) is 11.3 Å². The maximum atomic E-state index is 12.4. The molecule has 0 unspecified atom stereocenters. The third kappa shape index (κ3) is 4.04. The summed E-state index contributed by atoms with van der Waals surface area (Å²) >= 11 is 1.77. The fraction of sp³-hybridized carbons (Fsp3) is 0.500. The highest BCUT2D eigenvalue weighted by Crippen LogP contribution is 2.41. The lowest BCUT2D eigenvalue weighted by atomic mass is 9.97. The van der Waals surface area contributed by atoms with Gasteiger partial charge in [0.25, 0.3) is 0 Å². The second kappa shape index (κ2) is 8.53. The predicted octanol–water partition coefficient (Wildman–Crippen LogP) is 4.03. The third-order valence-electron chi connectivity index (χ3n) is 6.48. The van der Waals surface area contributed by atoms with Crippen LogP contribution in [0.2, 0.25) is 0 Å². The van der Waals surface area contributed by atoms with Crippen LogP contribution in [0.4, 0.5) is 0 Å². The zero-order valence-corrected chi connectivity index (χ0v) is 20.7. The fourth-order valence-corrected chi connectivity index (χ4v) is 6.00. The van der Waals surface area contributed by atoms with E-state index in [2.05, 4.69) is 41.9 Å². The van der Waals surface area contributed by atoms with Crippen molar-refractivity contribution in [3.63, 3.8) is 0 Å². The van der Waals surface area contributed by atoms with Gasteiger partial charge in [-0.1, -0.05) is 13.8 Å². The summed E-state index contributed by atoms with van der Waals surface area (Å²) in [6, 6.07) is 2.17. The number of aromatic amines is 1. The Balaban J connectivity index is 1.43. The number of piperidine rings is 1. The van der Waals surface area contributed by atoms with Crippen LogP contribution in [0.5, 0.6) is 0 Å². The second-order valence-corrected chi connectivity index (χ2v) is 10.7. The van der Waals surface area contributed by atoms with Gasteiger partial charge in [0, 0.05) is 36.3 Å². The highest BCUT2D eigenvalue weighted by atomic mass is 32.1. The van der Waals surface area contributed by atoms with Gasteiger partial charge < -0.3 is 14.8 Å². The van der Waals surface area contributed by atoms with E-state index >= 15 is 0 Å². The first-order chi connectivity index (χ1) is 15.8. The zero-order valence-electron chi connectivity index (χ0n) is 19.9. The summed E-state index contributed by atoms with van der Waals surface area (Å²) in [5.41, 5.74) is 6.55. The number of nitrogens with one attached hydrogen (secondary N) is 1. The molecule has 33 heavy (non-hydrogen) atoms. The van der Waals surface area contributed by atoms with Crippen molar-refractivity contribution in [2.45, 2.75) is 45.4 Å². The van der Waals surface area contributed by atoms with E-state index in [4.69, 9.17) is 4.98 Å². The van der Waals surface area contributed by atoms with Crippen molar-refractivity contribution in [2.24, 2.45) is 0 Å². The maximum absolute atomic E-state index is 12.4. The molecule has 174 valence electrons. The summed E-state index contributed by atoms with van der Waals surface area (Å²) in [6.45, 7) is 8.61. The van der Waals surface area contributed by atoms with Crippen LogP contribution in [-0.2, 0) is 4.79 Å². The Morgan fingerprint density at radius 1 is 1.30 bits per heavy atom. The molecule has 0 aliphatic carbocycles. The van der Waals surface area contributed by atoms with Crippen molar-refractivity contribution in [1.82, 2.24) is 34.4 Å². The minimum atomic E-state index is 0.219. The van der Waals surface area contributed by atoms with Crippen molar-refractivity contribution < 1.29 is 4.79 Å². The molecule has 5 heterocycles. The van der Waals surface area contributed by atoms with Gasteiger partial charge in [0.15, 0.2) is 5.65 Å². The largest absolute Gasteiger partial charge is 0.345 e. The molecule has 1 saturated heterocycles. The Morgan fingerprint density at radius 2 is 2.06 bits per heavy atom. The van der Waals surface area contributed by atoms with Gasteiger partial charge in [0.2, 0.25) is 5.91 Å². The summed E-state index contributed by atoms with van der Waals surface area (Å²) in [7, 11) is 3.88. The maximum Gasteiger partial charge on any atom is 0.236 e. The molecule has 0 spiro atoms. The van der Waals surface area contributed by atoms with Crippen LogP contribution in [0, 0.1) is 6.92 Å². The van der Waals surface area contributed by atoms with Gasteiger partial charge in [-0.25, -0.2) is 14.5 Å². The van der Waals surface area contributed by atoms with E-state index in [1.165, 1.54) is 10.6 Å². The number of aryl methyl sites for hydroxylation is 1. The van der Waals surface area contributed by atoms with Crippen molar-refractivity contribution in [2.75, 3.05) is 33.7 Å².